The van der Waals surface area contributed by atoms with Crippen LogP contribution >= 0.6 is 0 Å². The van der Waals surface area contributed by atoms with Crippen LogP contribution in [0.4, 0.5) is 4.39 Å². The third-order valence-electron chi connectivity index (χ3n) is 3.34. The first-order valence-electron chi connectivity index (χ1n) is 6.21. The summed E-state index contributed by atoms with van der Waals surface area (Å²) >= 11 is 0. The fourth-order valence-electron chi connectivity index (χ4n) is 2.36. The molecule has 0 aliphatic carbocycles. The molecule has 0 fully saturated rings. The molecule has 0 saturated carbocycles. The lowest BCUT2D eigenvalue weighted by Gasteiger charge is -2.07. The van der Waals surface area contributed by atoms with Gasteiger partial charge in [-0.25, -0.2) is 9.18 Å². The molecule has 0 unspecified atom stereocenters. The van der Waals surface area contributed by atoms with E-state index in [4.69, 9.17) is 5.11 Å². The van der Waals surface area contributed by atoms with Crippen molar-refractivity contribution in [3.05, 3.63) is 71.7 Å². The SMILES string of the molecule is O=C(O)c1cccc2c1ccn2Cc1ccccc1F. The zero-order chi connectivity index (χ0) is 14.1. The van der Waals surface area contributed by atoms with Crippen LogP contribution in [0, 0.1) is 5.82 Å². The molecule has 0 atom stereocenters. The van der Waals surface area contributed by atoms with Crippen LogP contribution in [0.3, 0.4) is 0 Å². The van der Waals surface area contributed by atoms with E-state index in [1.165, 1.54) is 6.07 Å². The number of benzene rings is 2. The minimum atomic E-state index is -0.959. The lowest BCUT2D eigenvalue weighted by Crippen LogP contribution is -2.01. The molecule has 0 aliphatic heterocycles. The third kappa shape index (κ3) is 2.05. The van der Waals surface area contributed by atoms with Gasteiger partial charge in [-0.1, -0.05) is 24.3 Å². The van der Waals surface area contributed by atoms with Gasteiger partial charge in [-0.2, -0.15) is 0 Å². The van der Waals surface area contributed by atoms with Crippen LogP contribution in [0.1, 0.15) is 15.9 Å². The number of hydrogen-bond acceptors (Lipinski definition) is 1. The van der Waals surface area contributed by atoms with Crippen molar-refractivity contribution in [1.82, 2.24) is 4.57 Å². The number of hydrogen-bond donors (Lipinski definition) is 1. The van der Waals surface area contributed by atoms with Gasteiger partial charge in [0.2, 0.25) is 0 Å². The number of rotatable bonds is 3. The Hall–Kier alpha value is -2.62. The number of nitrogens with zero attached hydrogens (tertiary/aromatic N) is 1. The topological polar surface area (TPSA) is 42.2 Å². The lowest BCUT2D eigenvalue weighted by atomic mass is 10.1. The molecule has 0 spiro atoms. The van der Waals surface area contributed by atoms with Gasteiger partial charge in [0.1, 0.15) is 5.82 Å². The zero-order valence-corrected chi connectivity index (χ0v) is 10.6. The van der Waals surface area contributed by atoms with Crippen molar-refractivity contribution < 1.29 is 14.3 Å². The Kier molecular flexibility index (Phi) is 2.99. The van der Waals surface area contributed by atoms with Crippen LogP contribution in [-0.4, -0.2) is 15.6 Å². The van der Waals surface area contributed by atoms with E-state index < -0.39 is 5.97 Å². The Morgan fingerprint density at radius 3 is 2.65 bits per heavy atom. The molecule has 0 saturated heterocycles. The molecule has 1 aromatic heterocycles. The number of carbonyl (C=O) groups is 1. The number of carboxylic acid groups (broad SMARTS) is 1. The van der Waals surface area contributed by atoms with Gasteiger partial charge < -0.3 is 9.67 Å². The molecule has 1 N–H and O–H groups in total. The predicted molar refractivity (Wildman–Crippen MR) is 74.4 cm³/mol. The summed E-state index contributed by atoms with van der Waals surface area (Å²) in [7, 11) is 0. The Morgan fingerprint density at radius 1 is 1.10 bits per heavy atom. The summed E-state index contributed by atoms with van der Waals surface area (Å²) in [6.45, 7) is 0.374. The number of aromatic carboxylic acids is 1. The molecule has 0 aliphatic rings. The number of halogens is 1. The molecular formula is C16H12FNO2. The zero-order valence-electron chi connectivity index (χ0n) is 10.6. The maximum atomic E-state index is 13.7. The monoisotopic (exact) mass is 269 g/mol. The van der Waals surface area contributed by atoms with E-state index in [-0.39, 0.29) is 11.4 Å². The third-order valence-corrected chi connectivity index (χ3v) is 3.34. The van der Waals surface area contributed by atoms with Crippen LogP contribution in [0.15, 0.2) is 54.7 Å². The van der Waals surface area contributed by atoms with E-state index in [0.29, 0.717) is 17.5 Å². The highest BCUT2D eigenvalue weighted by atomic mass is 19.1. The highest BCUT2D eigenvalue weighted by Gasteiger charge is 2.11. The maximum Gasteiger partial charge on any atom is 0.336 e. The summed E-state index contributed by atoms with van der Waals surface area (Å²) in [4.78, 5) is 11.2. The number of fused-ring (bicyclic) bond motifs is 1. The first kappa shape index (κ1) is 12.4. The van der Waals surface area contributed by atoms with E-state index in [1.807, 2.05) is 10.6 Å². The van der Waals surface area contributed by atoms with Crippen molar-refractivity contribution in [2.45, 2.75) is 6.54 Å². The average Bonchev–Trinajstić information content (AvgIpc) is 2.84. The van der Waals surface area contributed by atoms with Gasteiger partial charge in [-0.05, 0) is 24.3 Å². The molecule has 4 heteroatoms. The number of aromatic nitrogens is 1. The van der Waals surface area contributed by atoms with Crippen molar-refractivity contribution in [2.24, 2.45) is 0 Å². The molecule has 0 radical (unpaired) electrons. The first-order valence-corrected chi connectivity index (χ1v) is 6.21. The van der Waals surface area contributed by atoms with Crippen molar-refractivity contribution in [3.8, 4) is 0 Å². The summed E-state index contributed by atoms with van der Waals surface area (Å²) < 4.78 is 15.5. The largest absolute Gasteiger partial charge is 0.478 e. The molecule has 3 nitrogen and oxygen atoms in total. The quantitative estimate of drug-likeness (QED) is 0.790. The molecule has 3 rings (SSSR count). The molecule has 1 heterocycles. The average molecular weight is 269 g/mol. The fourth-order valence-corrected chi connectivity index (χ4v) is 2.36. The predicted octanol–water partition coefficient (Wildman–Crippen LogP) is 3.53. The second-order valence-electron chi connectivity index (χ2n) is 4.58. The minimum Gasteiger partial charge on any atom is -0.478 e. The summed E-state index contributed by atoms with van der Waals surface area (Å²) in [6.07, 6.45) is 1.78. The van der Waals surface area contributed by atoms with Gasteiger partial charge in [0.05, 0.1) is 12.1 Å². The van der Waals surface area contributed by atoms with Gasteiger partial charge in [-0.15, -0.1) is 0 Å². The summed E-state index contributed by atoms with van der Waals surface area (Å²) in [5.41, 5.74) is 1.62. The smallest absolute Gasteiger partial charge is 0.336 e. The normalized spacial score (nSPS) is 10.8. The Labute approximate surface area is 114 Å². The van der Waals surface area contributed by atoms with Crippen LogP contribution < -0.4 is 0 Å². The van der Waals surface area contributed by atoms with Crippen molar-refractivity contribution in [3.63, 3.8) is 0 Å². The molecular weight excluding hydrogens is 257 g/mol. The van der Waals surface area contributed by atoms with Gasteiger partial charge in [0, 0.05) is 22.7 Å². The second-order valence-corrected chi connectivity index (χ2v) is 4.58. The van der Waals surface area contributed by atoms with Crippen molar-refractivity contribution in [1.29, 1.82) is 0 Å². The molecule has 20 heavy (non-hydrogen) atoms. The van der Waals surface area contributed by atoms with E-state index in [1.54, 1.807) is 42.6 Å². The Balaban J connectivity index is 2.08. The first-order chi connectivity index (χ1) is 9.66. The van der Waals surface area contributed by atoms with Crippen LogP contribution in [-0.2, 0) is 6.54 Å². The molecule has 0 amide bonds. The fraction of sp³-hybridized carbons (Fsp3) is 0.0625. The van der Waals surface area contributed by atoms with Crippen LogP contribution in [0.25, 0.3) is 10.9 Å². The number of carboxylic acids is 1. The molecule has 0 bridgehead atoms. The molecule has 100 valence electrons. The standard InChI is InChI=1S/C16H12FNO2/c17-14-6-2-1-4-11(14)10-18-9-8-12-13(16(19)20)5-3-7-15(12)18/h1-9H,10H2,(H,19,20). The van der Waals surface area contributed by atoms with E-state index in [2.05, 4.69) is 0 Å². The minimum absolute atomic E-state index is 0.259. The second kappa shape index (κ2) is 4.81. The highest BCUT2D eigenvalue weighted by molar-refractivity contribution is 6.02. The lowest BCUT2D eigenvalue weighted by molar-refractivity contribution is 0.0699. The van der Waals surface area contributed by atoms with Gasteiger partial charge >= 0.3 is 5.97 Å². The maximum absolute atomic E-state index is 13.7. The van der Waals surface area contributed by atoms with Crippen LogP contribution in [0.5, 0.6) is 0 Å². The van der Waals surface area contributed by atoms with Gasteiger partial charge in [0.15, 0.2) is 0 Å². The van der Waals surface area contributed by atoms with E-state index in [9.17, 15) is 9.18 Å². The van der Waals surface area contributed by atoms with E-state index in [0.717, 1.165) is 5.52 Å². The summed E-state index contributed by atoms with van der Waals surface area (Å²) in [5.74, 6) is -1.22. The Morgan fingerprint density at radius 2 is 1.90 bits per heavy atom. The molecule has 3 aromatic rings. The van der Waals surface area contributed by atoms with Gasteiger partial charge in [0.25, 0.3) is 0 Å². The Bertz CT molecular complexity index is 792. The highest BCUT2D eigenvalue weighted by Crippen LogP contribution is 2.22. The molecule has 2 aromatic carbocycles. The van der Waals surface area contributed by atoms with Crippen LogP contribution in [0.2, 0.25) is 0 Å². The summed E-state index contributed by atoms with van der Waals surface area (Å²) in [6, 6.07) is 13.4. The van der Waals surface area contributed by atoms with E-state index >= 15 is 0 Å². The van der Waals surface area contributed by atoms with Crippen molar-refractivity contribution in [2.75, 3.05) is 0 Å². The summed E-state index contributed by atoms with van der Waals surface area (Å²) in [5, 5.41) is 9.82. The van der Waals surface area contributed by atoms with Gasteiger partial charge in [-0.3, -0.25) is 0 Å². The van der Waals surface area contributed by atoms with Crippen molar-refractivity contribution >= 4 is 16.9 Å².